The molecule has 0 spiro atoms. The molecule has 2 aromatic carbocycles. The van der Waals surface area contributed by atoms with Crippen LogP contribution in [0.3, 0.4) is 0 Å². The van der Waals surface area contributed by atoms with Crippen LogP contribution in [0, 0.1) is 13.8 Å². The first-order chi connectivity index (χ1) is 13.5. The SMILES string of the molecule is CSCCn1c(=NC(=O)Cc2cc(C)ccc2C)sc2cc3c(cc21)OCO3. The number of carbonyl (C=O) groups is 1. The number of thioether (sulfide) groups is 1. The first kappa shape index (κ1) is 19.1. The molecule has 2 heterocycles. The van der Waals surface area contributed by atoms with Crippen LogP contribution in [0.15, 0.2) is 35.3 Å². The predicted molar refractivity (Wildman–Crippen MR) is 115 cm³/mol. The third-order valence-corrected chi connectivity index (χ3v) is 6.39. The van der Waals surface area contributed by atoms with Gasteiger partial charge in [0, 0.05) is 24.4 Å². The van der Waals surface area contributed by atoms with Gasteiger partial charge in [-0.3, -0.25) is 4.79 Å². The molecule has 0 aliphatic carbocycles. The number of benzene rings is 2. The van der Waals surface area contributed by atoms with Crippen LogP contribution in [0.2, 0.25) is 0 Å². The number of hydrogen-bond acceptors (Lipinski definition) is 5. The van der Waals surface area contributed by atoms with Crippen molar-refractivity contribution >= 4 is 39.2 Å². The average molecular weight is 415 g/mol. The molecule has 4 rings (SSSR count). The molecule has 0 saturated carbocycles. The van der Waals surface area contributed by atoms with Gasteiger partial charge in [0.25, 0.3) is 5.91 Å². The summed E-state index contributed by atoms with van der Waals surface area (Å²) in [6.07, 6.45) is 2.39. The summed E-state index contributed by atoms with van der Waals surface area (Å²) in [5.74, 6) is 2.31. The van der Waals surface area contributed by atoms with Gasteiger partial charge in [0.05, 0.1) is 16.6 Å². The molecule has 146 valence electrons. The van der Waals surface area contributed by atoms with Crippen molar-refractivity contribution in [2.24, 2.45) is 4.99 Å². The minimum atomic E-state index is -0.127. The number of ether oxygens (including phenoxy) is 2. The zero-order valence-corrected chi connectivity index (χ0v) is 17.8. The second-order valence-electron chi connectivity index (χ2n) is 6.81. The zero-order chi connectivity index (χ0) is 19.7. The van der Waals surface area contributed by atoms with E-state index in [4.69, 9.17) is 9.47 Å². The minimum absolute atomic E-state index is 0.127. The van der Waals surface area contributed by atoms with Crippen molar-refractivity contribution in [2.45, 2.75) is 26.8 Å². The Morgan fingerprint density at radius 3 is 2.79 bits per heavy atom. The highest BCUT2D eigenvalue weighted by Gasteiger charge is 2.18. The van der Waals surface area contributed by atoms with E-state index in [9.17, 15) is 4.79 Å². The van der Waals surface area contributed by atoms with Gasteiger partial charge in [-0.25, -0.2) is 0 Å². The highest BCUT2D eigenvalue weighted by molar-refractivity contribution is 7.98. The second-order valence-corrected chi connectivity index (χ2v) is 8.81. The molecule has 1 aliphatic heterocycles. The number of carbonyl (C=O) groups excluding carboxylic acids is 1. The van der Waals surface area contributed by atoms with E-state index in [2.05, 4.69) is 34.0 Å². The van der Waals surface area contributed by atoms with Gasteiger partial charge in [0.15, 0.2) is 16.3 Å². The molecule has 1 amide bonds. The Hall–Kier alpha value is -2.25. The number of aromatic nitrogens is 1. The lowest BCUT2D eigenvalue weighted by atomic mass is 10.0. The monoisotopic (exact) mass is 414 g/mol. The molecule has 3 aromatic rings. The van der Waals surface area contributed by atoms with Crippen molar-refractivity contribution in [3.05, 3.63) is 51.8 Å². The molecule has 5 nitrogen and oxygen atoms in total. The number of rotatable bonds is 5. The van der Waals surface area contributed by atoms with Gasteiger partial charge in [0.2, 0.25) is 6.79 Å². The molecular formula is C21H22N2O3S2. The first-order valence-corrected chi connectivity index (χ1v) is 11.3. The van der Waals surface area contributed by atoms with Crippen molar-refractivity contribution in [1.82, 2.24) is 4.57 Å². The summed E-state index contributed by atoms with van der Waals surface area (Å²) in [5, 5.41) is 0. The van der Waals surface area contributed by atoms with Gasteiger partial charge in [-0.05, 0) is 31.2 Å². The summed E-state index contributed by atoms with van der Waals surface area (Å²) in [6.45, 7) is 5.11. The number of hydrogen-bond donors (Lipinski definition) is 0. The third kappa shape index (κ3) is 3.82. The lowest BCUT2D eigenvalue weighted by Gasteiger charge is -2.06. The topological polar surface area (TPSA) is 52.8 Å². The summed E-state index contributed by atoms with van der Waals surface area (Å²) >= 11 is 3.29. The van der Waals surface area contributed by atoms with Gasteiger partial charge in [-0.2, -0.15) is 16.8 Å². The largest absolute Gasteiger partial charge is 0.454 e. The molecule has 0 fully saturated rings. The highest BCUT2D eigenvalue weighted by atomic mass is 32.2. The molecule has 7 heteroatoms. The standard InChI is InChI=1S/C21H22N2O3S2/c1-13-4-5-14(2)15(8-13)9-20(24)22-21-23(6-7-27-3)16-10-17-18(26-12-25-17)11-19(16)28-21/h4-5,8,10-11H,6-7,9,12H2,1-3H3. The summed E-state index contributed by atoms with van der Waals surface area (Å²) in [6, 6.07) is 10.1. The van der Waals surface area contributed by atoms with Crippen LogP contribution in [0.1, 0.15) is 16.7 Å². The quantitative estimate of drug-likeness (QED) is 0.631. The summed E-state index contributed by atoms with van der Waals surface area (Å²) in [4.78, 5) is 17.9. The van der Waals surface area contributed by atoms with Gasteiger partial charge in [0.1, 0.15) is 0 Å². The van der Waals surface area contributed by atoms with Crippen LogP contribution in [-0.4, -0.2) is 29.3 Å². The zero-order valence-electron chi connectivity index (χ0n) is 16.2. The maximum Gasteiger partial charge on any atom is 0.252 e. The van der Waals surface area contributed by atoms with E-state index in [0.717, 1.165) is 55.5 Å². The van der Waals surface area contributed by atoms with Crippen LogP contribution in [0.25, 0.3) is 10.2 Å². The lowest BCUT2D eigenvalue weighted by Crippen LogP contribution is -2.18. The Labute approximate surface area is 172 Å². The fourth-order valence-corrected chi connectivity index (χ4v) is 4.69. The summed E-state index contributed by atoms with van der Waals surface area (Å²) in [5.41, 5.74) is 4.33. The summed E-state index contributed by atoms with van der Waals surface area (Å²) < 4.78 is 14.2. The Balaban J connectivity index is 1.73. The lowest BCUT2D eigenvalue weighted by molar-refractivity contribution is -0.117. The number of aryl methyl sites for hydroxylation is 3. The Kier molecular flexibility index (Phi) is 5.46. The number of fused-ring (bicyclic) bond motifs is 2. The van der Waals surface area contributed by atoms with Gasteiger partial charge in [-0.1, -0.05) is 35.1 Å². The Morgan fingerprint density at radius 2 is 2.00 bits per heavy atom. The molecule has 1 aliphatic rings. The molecule has 0 radical (unpaired) electrons. The number of nitrogens with zero attached hydrogens (tertiary/aromatic N) is 2. The van der Waals surface area contributed by atoms with Gasteiger partial charge < -0.3 is 14.0 Å². The molecular weight excluding hydrogens is 392 g/mol. The van der Waals surface area contributed by atoms with Crippen molar-refractivity contribution in [3.8, 4) is 11.5 Å². The fourth-order valence-electron chi connectivity index (χ4n) is 3.24. The van der Waals surface area contributed by atoms with Crippen molar-refractivity contribution < 1.29 is 14.3 Å². The molecule has 0 atom stereocenters. The normalized spacial score (nSPS) is 13.5. The van der Waals surface area contributed by atoms with Gasteiger partial charge >= 0.3 is 0 Å². The number of thiazole rings is 1. The van der Waals surface area contributed by atoms with Crippen LogP contribution < -0.4 is 14.3 Å². The smallest absolute Gasteiger partial charge is 0.252 e. The highest BCUT2D eigenvalue weighted by Crippen LogP contribution is 2.37. The van der Waals surface area contributed by atoms with E-state index < -0.39 is 0 Å². The molecule has 28 heavy (non-hydrogen) atoms. The van der Waals surface area contributed by atoms with Crippen LogP contribution in [-0.2, 0) is 17.8 Å². The van der Waals surface area contributed by atoms with E-state index in [1.165, 1.54) is 11.3 Å². The average Bonchev–Trinajstić information content (AvgIpc) is 3.24. The Bertz CT molecular complexity index is 1110. The minimum Gasteiger partial charge on any atom is -0.454 e. The third-order valence-electron chi connectivity index (χ3n) is 4.76. The summed E-state index contributed by atoms with van der Waals surface area (Å²) in [7, 11) is 0. The van der Waals surface area contributed by atoms with Crippen LogP contribution >= 0.6 is 23.1 Å². The van der Waals surface area contributed by atoms with Crippen LogP contribution in [0.5, 0.6) is 11.5 Å². The van der Waals surface area contributed by atoms with Crippen LogP contribution in [0.4, 0.5) is 0 Å². The fraction of sp³-hybridized carbons (Fsp3) is 0.333. The second kappa shape index (κ2) is 8.01. The van der Waals surface area contributed by atoms with E-state index in [0.29, 0.717) is 6.42 Å². The van der Waals surface area contributed by atoms with E-state index >= 15 is 0 Å². The predicted octanol–water partition coefficient (Wildman–Crippen LogP) is 4.08. The van der Waals surface area contributed by atoms with E-state index in [1.807, 2.05) is 26.0 Å². The van der Waals surface area contributed by atoms with E-state index in [1.54, 1.807) is 11.8 Å². The molecule has 0 unspecified atom stereocenters. The van der Waals surface area contributed by atoms with Crippen molar-refractivity contribution in [2.75, 3.05) is 18.8 Å². The Morgan fingerprint density at radius 1 is 1.21 bits per heavy atom. The van der Waals surface area contributed by atoms with Crippen molar-refractivity contribution in [1.29, 1.82) is 0 Å². The molecule has 0 saturated heterocycles. The van der Waals surface area contributed by atoms with Gasteiger partial charge in [-0.15, -0.1) is 0 Å². The molecule has 1 aromatic heterocycles. The van der Waals surface area contributed by atoms with Crippen molar-refractivity contribution in [3.63, 3.8) is 0 Å². The number of amides is 1. The van der Waals surface area contributed by atoms with E-state index in [-0.39, 0.29) is 12.7 Å². The maximum absolute atomic E-state index is 12.7. The molecule has 0 bridgehead atoms. The maximum atomic E-state index is 12.7. The molecule has 0 N–H and O–H groups in total. The first-order valence-electron chi connectivity index (χ1n) is 9.11.